The minimum absolute atomic E-state index is 0.681. The van der Waals surface area contributed by atoms with Gasteiger partial charge in [0.05, 0.1) is 21.1 Å². The summed E-state index contributed by atoms with van der Waals surface area (Å²) in [5, 5.41) is 0. The molecular weight excluding hydrogens is 97.5 g/mol. The molecule has 1 nitrogen and oxygen atoms in total. The molecule has 0 N–H and O–H groups in total. The topological polar surface area (TPSA) is 0 Å². The predicted octanol–water partition coefficient (Wildman–Crippen LogP) is 0.889. The Kier molecular flexibility index (Phi) is 1.88. The lowest BCUT2D eigenvalue weighted by Crippen LogP contribution is -2.32. The summed E-state index contributed by atoms with van der Waals surface area (Å²) in [5.74, 6) is 0. The highest BCUT2D eigenvalue weighted by Crippen LogP contribution is 1.89. The molecule has 38 valence electrons. The van der Waals surface area contributed by atoms with Gasteiger partial charge in [-0.25, -0.2) is 0 Å². The van der Waals surface area contributed by atoms with Crippen LogP contribution in [0, 0.1) is 0 Å². The van der Waals surface area contributed by atoms with Crippen LogP contribution in [0.25, 0.3) is 0 Å². The van der Waals surface area contributed by atoms with Crippen molar-refractivity contribution >= 4 is 11.6 Å². The first-order valence-electron chi connectivity index (χ1n) is 1.93. The van der Waals surface area contributed by atoms with Crippen molar-refractivity contribution < 1.29 is 4.48 Å². The van der Waals surface area contributed by atoms with Gasteiger partial charge in [-0.2, -0.15) is 0 Å². The second-order valence-electron chi connectivity index (χ2n) is 2.41. The molecule has 0 aromatic rings. The average molecular weight is 109 g/mol. The monoisotopic (exact) mass is 108 g/mol. The Labute approximate surface area is 44.1 Å². The van der Waals surface area contributed by atoms with E-state index in [9.17, 15) is 0 Å². The van der Waals surface area contributed by atoms with E-state index in [1.165, 1.54) is 0 Å². The first-order valence-corrected chi connectivity index (χ1v) is 2.46. The van der Waals surface area contributed by atoms with Crippen molar-refractivity contribution in [3.05, 3.63) is 0 Å². The summed E-state index contributed by atoms with van der Waals surface area (Å²) in [7, 11) is 6.15. The largest absolute Gasteiger partial charge is 0.318 e. The quantitative estimate of drug-likeness (QED) is 0.266. The fourth-order valence-electron chi connectivity index (χ4n) is 0. The minimum Gasteiger partial charge on any atom is -0.318 e. The van der Waals surface area contributed by atoms with E-state index in [2.05, 4.69) is 0 Å². The van der Waals surface area contributed by atoms with Crippen molar-refractivity contribution in [2.24, 2.45) is 0 Å². The zero-order valence-electron chi connectivity index (χ0n) is 4.53. The maximum Gasteiger partial charge on any atom is 0.154 e. The molecule has 0 aromatic carbocycles. The molecule has 0 saturated heterocycles. The highest BCUT2D eigenvalue weighted by Gasteiger charge is 1.99. The van der Waals surface area contributed by atoms with Crippen LogP contribution in [0.5, 0.6) is 0 Å². The number of hydrogen-bond acceptors (Lipinski definition) is 0. The second-order valence-corrected chi connectivity index (χ2v) is 2.65. The van der Waals surface area contributed by atoms with Crippen molar-refractivity contribution in [3.63, 3.8) is 0 Å². The Balaban J connectivity index is 3.17. The summed E-state index contributed by atoms with van der Waals surface area (Å²) in [4.78, 5) is 0. The summed E-state index contributed by atoms with van der Waals surface area (Å²) >= 11 is 5.45. The molecule has 0 aromatic heterocycles. The van der Waals surface area contributed by atoms with E-state index >= 15 is 0 Å². The van der Waals surface area contributed by atoms with E-state index in [-0.39, 0.29) is 0 Å². The Morgan fingerprint density at radius 2 is 1.50 bits per heavy atom. The summed E-state index contributed by atoms with van der Waals surface area (Å²) in [6.45, 7) is 0. The molecule has 0 aliphatic heterocycles. The van der Waals surface area contributed by atoms with Crippen molar-refractivity contribution in [2.45, 2.75) is 0 Å². The van der Waals surface area contributed by atoms with Crippen LogP contribution >= 0.6 is 11.6 Å². The van der Waals surface area contributed by atoms with Crippen molar-refractivity contribution in [3.8, 4) is 0 Å². The first-order chi connectivity index (χ1) is 2.56. The zero-order chi connectivity index (χ0) is 5.21. The van der Waals surface area contributed by atoms with Crippen LogP contribution < -0.4 is 0 Å². The van der Waals surface area contributed by atoms with E-state index in [1.54, 1.807) is 0 Å². The van der Waals surface area contributed by atoms with Crippen LogP contribution in [0.3, 0.4) is 0 Å². The fourth-order valence-corrected chi connectivity index (χ4v) is 0. The molecule has 0 spiro atoms. The molecule has 0 atom stereocenters. The summed E-state index contributed by atoms with van der Waals surface area (Å²) in [6.07, 6.45) is 0. The smallest absolute Gasteiger partial charge is 0.154 e. The average Bonchev–Trinajstić information content (AvgIpc) is 1.35. The summed E-state index contributed by atoms with van der Waals surface area (Å²) in [6, 6.07) is 0.681. The van der Waals surface area contributed by atoms with Crippen molar-refractivity contribution in [2.75, 3.05) is 27.1 Å². The lowest BCUT2D eigenvalue weighted by molar-refractivity contribution is -0.858. The van der Waals surface area contributed by atoms with Crippen LogP contribution in [-0.4, -0.2) is 31.6 Å². The molecule has 0 bridgehead atoms. The Hall–Kier alpha value is 0.250. The van der Waals surface area contributed by atoms with Gasteiger partial charge in [-0.05, 0) is 0 Å². The molecule has 0 unspecified atom stereocenters. The predicted molar refractivity (Wildman–Crippen MR) is 28.8 cm³/mol. The van der Waals surface area contributed by atoms with Crippen LogP contribution in [0.15, 0.2) is 0 Å². The van der Waals surface area contributed by atoms with Gasteiger partial charge in [0, 0.05) is 0 Å². The number of quaternary nitrogens is 1. The van der Waals surface area contributed by atoms with Crippen LogP contribution in [-0.2, 0) is 0 Å². The normalized spacial score (nSPS) is 12.0. The standard InChI is InChI=1S/C4H11ClN/c1-6(2,3)4-5/h4H2,1-3H3/q+1. The molecule has 0 fully saturated rings. The Bertz CT molecular complexity index is 37.3. The third kappa shape index (κ3) is 4.25. The molecule has 0 amide bonds. The van der Waals surface area contributed by atoms with Gasteiger partial charge >= 0.3 is 0 Å². The highest BCUT2D eigenvalue weighted by molar-refractivity contribution is 6.16. The van der Waals surface area contributed by atoms with Crippen molar-refractivity contribution in [1.29, 1.82) is 0 Å². The van der Waals surface area contributed by atoms with E-state index in [1.807, 2.05) is 21.1 Å². The maximum absolute atomic E-state index is 5.45. The van der Waals surface area contributed by atoms with Gasteiger partial charge in [0.2, 0.25) is 0 Å². The number of rotatable bonds is 1. The minimum atomic E-state index is 0.681. The highest BCUT2D eigenvalue weighted by atomic mass is 35.5. The Morgan fingerprint density at radius 1 is 1.33 bits per heavy atom. The summed E-state index contributed by atoms with van der Waals surface area (Å²) < 4.78 is 0.835. The molecule has 2 heteroatoms. The second kappa shape index (κ2) is 1.80. The van der Waals surface area contributed by atoms with Crippen LogP contribution in [0.4, 0.5) is 0 Å². The van der Waals surface area contributed by atoms with Gasteiger partial charge in [0.25, 0.3) is 0 Å². The third-order valence-corrected chi connectivity index (χ3v) is 1.08. The molecule has 0 radical (unpaired) electrons. The van der Waals surface area contributed by atoms with E-state index in [0.717, 1.165) is 4.48 Å². The van der Waals surface area contributed by atoms with Gasteiger partial charge in [-0.3, -0.25) is 0 Å². The van der Waals surface area contributed by atoms with E-state index in [0.29, 0.717) is 6.00 Å². The van der Waals surface area contributed by atoms with E-state index < -0.39 is 0 Å². The van der Waals surface area contributed by atoms with Gasteiger partial charge in [-0.1, -0.05) is 11.6 Å². The van der Waals surface area contributed by atoms with Gasteiger partial charge in [-0.15, -0.1) is 0 Å². The fraction of sp³-hybridized carbons (Fsp3) is 1.00. The van der Waals surface area contributed by atoms with Gasteiger partial charge in [0.1, 0.15) is 0 Å². The van der Waals surface area contributed by atoms with E-state index in [4.69, 9.17) is 11.6 Å². The molecule has 0 saturated carbocycles. The lowest BCUT2D eigenvalue weighted by Gasteiger charge is -2.18. The molecule has 0 aliphatic rings. The van der Waals surface area contributed by atoms with Gasteiger partial charge < -0.3 is 4.48 Å². The molecule has 0 heterocycles. The lowest BCUT2D eigenvalue weighted by atomic mass is 10.8. The third-order valence-electron chi connectivity index (χ3n) is 0.359. The molecular formula is C4H11ClN+. The Morgan fingerprint density at radius 3 is 1.50 bits per heavy atom. The molecule has 6 heavy (non-hydrogen) atoms. The SMILES string of the molecule is C[N+](C)(C)CCl. The first kappa shape index (κ1) is 6.25. The number of hydrogen-bond donors (Lipinski definition) is 0. The van der Waals surface area contributed by atoms with Crippen molar-refractivity contribution in [1.82, 2.24) is 0 Å². The summed E-state index contributed by atoms with van der Waals surface area (Å²) in [5.41, 5.74) is 0. The maximum atomic E-state index is 5.45. The molecule has 0 rings (SSSR count). The van der Waals surface area contributed by atoms with Gasteiger partial charge in [0.15, 0.2) is 6.00 Å². The number of alkyl halides is 1. The zero-order valence-corrected chi connectivity index (χ0v) is 5.29. The molecule has 0 aliphatic carbocycles. The van der Waals surface area contributed by atoms with Crippen LogP contribution in [0.1, 0.15) is 0 Å². The number of nitrogens with zero attached hydrogens (tertiary/aromatic N) is 1. The number of halogens is 1. The van der Waals surface area contributed by atoms with Crippen LogP contribution in [0.2, 0.25) is 0 Å².